The molecule has 0 saturated heterocycles. The lowest BCUT2D eigenvalue weighted by Gasteiger charge is -2.12. The predicted octanol–water partition coefficient (Wildman–Crippen LogP) is 10.9. The molecule has 0 bridgehead atoms. The highest BCUT2D eigenvalue weighted by molar-refractivity contribution is 5.86. The summed E-state index contributed by atoms with van der Waals surface area (Å²) in [5, 5.41) is 2.51. The second-order valence-corrected chi connectivity index (χ2v) is 9.62. The Morgan fingerprint density at radius 2 is 1.46 bits per heavy atom. The molecule has 0 spiro atoms. The van der Waals surface area contributed by atoms with Gasteiger partial charge in [-0.2, -0.15) is 0 Å². The van der Waals surface area contributed by atoms with Gasteiger partial charge in [-0.15, -0.1) is 0 Å². The molecule has 1 aliphatic rings. The number of methoxy groups -OCH3 is 1. The van der Waals surface area contributed by atoms with E-state index in [1.165, 1.54) is 16.5 Å². The van der Waals surface area contributed by atoms with Crippen LogP contribution in [0, 0.1) is 11.8 Å². The summed E-state index contributed by atoms with van der Waals surface area (Å²) in [5.74, 6) is 3.30. The van der Waals surface area contributed by atoms with Gasteiger partial charge in [-0.25, -0.2) is 4.98 Å². The number of rotatable bonds is 5. The summed E-state index contributed by atoms with van der Waals surface area (Å²) in [7, 11) is 1.58. The molecule has 4 heteroatoms. The van der Waals surface area contributed by atoms with E-state index in [2.05, 4.69) is 110 Å². The van der Waals surface area contributed by atoms with Crippen LogP contribution in [0.2, 0.25) is 0 Å². The van der Waals surface area contributed by atoms with E-state index in [0.717, 1.165) is 41.8 Å². The van der Waals surface area contributed by atoms with Gasteiger partial charge in [0.15, 0.2) is 0 Å². The van der Waals surface area contributed by atoms with Gasteiger partial charge in [0.2, 0.25) is 0 Å². The average molecular weight is 554 g/mol. The van der Waals surface area contributed by atoms with Crippen LogP contribution in [0.5, 0.6) is 0 Å². The number of imidazole rings is 1. The quantitative estimate of drug-likeness (QED) is 0.231. The molecule has 0 radical (unpaired) electrons. The van der Waals surface area contributed by atoms with E-state index in [-0.39, 0.29) is 0 Å². The van der Waals surface area contributed by atoms with Gasteiger partial charge in [0.25, 0.3) is 0 Å². The van der Waals surface area contributed by atoms with Crippen LogP contribution in [-0.4, -0.2) is 21.6 Å². The van der Waals surface area contributed by atoms with Crippen molar-refractivity contribution >= 4 is 22.2 Å². The molecule has 220 valence electrons. The number of nitrogens with zero attached hydrogens (tertiary/aromatic N) is 3. The van der Waals surface area contributed by atoms with Crippen molar-refractivity contribution in [3.63, 3.8) is 0 Å². The van der Waals surface area contributed by atoms with Crippen LogP contribution < -0.4 is 0 Å². The number of benzene rings is 2. The SMILES string of the molecule is C1=CC(n2ccnc2-c2ccc3ccccc3c2)=CCC1.C=C(OC)c1ccccn1.CC.CC.CC(C)C(C)C. The molecule has 4 nitrogen and oxygen atoms in total. The van der Waals surface area contributed by atoms with Crippen molar-refractivity contribution in [1.82, 2.24) is 14.5 Å². The highest BCUT2D eigenvalue weighted by atomic mass is 16.5. The van der Waals surface area contributed by atoms with Crippen molar-refractivity contribution in [1.29, 1.82) is 0 Å². The first-order valence-corrected chi connectivity index (χ1v) is 14.9. The summed E-state index contributed by atoms with van der Waals surface area (Å²) >= 11 is 0. The molecule has 0 aliphatic heterocycles. The zero-order valence-electron chi connectivity index (χ0n) is 26.8. The standard InChI is InChI=1S/C19H16N2.C8H9NO.C6H14.2C2H6/c1-2-8-18(9-3-1)21-13-12-20-19(21)17-11-10-15-6-4-5-7-16(15)14-17;1-7(10-2)8-5-3-4-6-9-8;1-5(2)6(3)4;2*1-2/h2,4-14H,1,3H2;3-6H,1H2,2H3;5-6H,1-4H3;2*1-2H3. The first kappa shape index (κ1) is 35.1. The third-order valence-electron chi connectivity index (χ3n) is 6.43. The van der Waals surface area contributed by atoms with Crippen LogP contribution in [0.1, 0.15) is 73.9 Å². The molecule has 4 aromatic rings. The molecule has 5 rings (SSSR count). The smallest absolute Gasteiger partial charge is 0.144 e. The van der Waals surface area contributed by atoms with Gasteiger partial charge in [0.05, 0.1) is 7.11 Å². The minimum atomic E-state index is 0.598. The van der Waals surface area contributed by atoms with Gasteiger partial charge < -0.3 is 9.30 Å². The van der Waals surface area contributed by atoms with Crippen molar-refractivity contribution in [2.24, 2.45) is 11.8 Å². The Morgan fingerprint density at radius 3 is 2.02 bits per heavy atom. The Kier molecular flexibility index (Phi) is 17.2. The van der Waals surface area contributed by atoms with Gasteiger partial charge in [-0.05, 0) is 59.7 Å². The molecule has 1 aliphatic carbocycles. The number of fused-ring (bicyclic) bond motifs is 1. The fourth-order valence-corrected chi connectivity index (χ4v) is 3.46. The second kappa shape index (κ2) is 20.0. The molecule has 0 fully saturated rings. The van der Waals surface area contributed by atoms with Crippen LogP contribution in [0.25, 0.3) is 33.6 Å². The Bertz CT molecular complexity index is 1320. The largest absolute Gasteiger partial charge is 0.495 e. The maximum atomic E-state index is 4.88. The Morgan fingerprint density at radius 1 is 0.805 bits per heavy atom. The highest BCUT2D eigenvalue weighted by Crippen LogP contribution is 2.26. The van der Waals surface area contributed by atoms with Crippen LogP contribution in [0.4, 0.5) is 0 Å². The maximum Gasteiger partial charge on any atom is 0.144 e. The number of allylic oxidation sites excluding steroid dienone is 4. The molecule has 2 aromatic carbocycles. The van der Waals surface area contributed by atoms with Crippen LogP contribution in [0.3, 0.4) is 0 Å². The van der Waals surface area contributed by atoms with Crippen molar-refractivity contribution in [3.8, 4) is 11.4 Å². The van der Waals surface area contributed by atoms with E-state index in [1.54, 1.807) is 13.3 Å². The Labute approximate surface area is 249 Å². The molecule has 2 heterocycles. The minimum Gasteiger partial charge on any atom is -0.495 e. The molecular formula is C37H51N3O. The zero-order valence-corrected chi connectivity index (χ0v) is 26.8. The fraction of sp³-hybridized carbons (Fsp3) is 0.351. The third kappa shape index (κ3) is 11.6. The molecule has 0 amide bonds. The van der Waals surface area contributed by atoms with Gasteiger partial charge in [0, 0.05) is 29.9 Å². The molecule has 0 atom stereocenters. The Hall–Kier alpha value is -3.92. The summed E-state index contributed by atoms with van der Waals surface area (Å²) in [4.78, 5) is 8.58. The van der Waals surface area contributed by atoms with Gasteiger partial charge in [0.1, 0.15) is 17.3 Å². The van der Waals surface area contributed by atoms with Crippen LogP contribution >= 0.6 is 0 Å². The zero-order chi connectivity index (χ0) is 30.6. The molecular weight excluding hydrogens is 502 g/mol. The lowest BCUT2D eigenvalue weighted by molar-refractivity contribution is 0.369. The number of pyridine rings is 1. The topological polar surface area (TPSA) is 39.9 Å². The average Bonchev–Trinajstić information content (AvgIpc) is 3.54. The van der Waals surface area contributed by atoms with Gasteiger partial charge in [-0.1, -0.05) is 117 Å². The summed E-state index contributed by atoms with van der Waals surface area (Å²) < 4.78 is 7.05. The number of hydrogen-bond acceptors (Lipinski definition) is 3. The Balaban J connectivity index is 0.000000352. The summed E-state index contributed by atoms with van der Waals surface area (Å²) in [5.41, 5.74) is 3.14. The molecule has 0 unspecified atom stereocenters. The molecule has 41 heavy (non-hydrogen) atoms. The van der Waals surface area contributed by atoms with E-state index in [1.807, 2.05) is 58.3 Å². The predicted molar refractivity (Wildman–Crippen MR) is 180 cm³/mol. The molecule has 0 saturated carbocycles. The molecule has 0 N–H and O–H groups in total. The lowest BCUT2D eigenvalue weighted by atomic mass is 10.0. The minimum absolute atomic E-state index is 0.598. The van der Waals surface area contributed by atoms with Crippen LogP contribution in [0.15, 0.2) is 104 Å². The maximum absolute atomic E-state index is 4.88. The van der Waals surface area contributed by atoms with Gasteiger partial charge >= 0.3 is 0 Å². The summed E-state index contributed by atoms with van der Waals surface area (Å²) in [6.45, 7) is 20.6. The third-order valence-corrected chi connectivity index (χ3v) is 6.43. The summed E-state index contributed by atoms with van der Waals surface area (Å²) in [6, 6.07) is 20.5. The normalized spacial score (nSPS) is 11.4. The van der Waals surface area contributed by atoms with Crippen LogP contribution in [-0.2, 0) is 4.74 Å². The number of aromatic nitrogens is 3. The highest BCUT2D eigenvalue weighted by Gasteiger charge is 2.10. The summed E-state index contributed by atoms with van der Waals surface area (Å²) in [6.07, 6.45) is 14.5. The number of hydrogen-bond donors (Lipinski definition) is 0. The van der Waals surface area contributed by atoms with Crippen molar-refractivity contribution < 1.29 is 4.74 Å². The molecule has 2 aromatic heterocycles. The first-order valence-electron chi connectivity index (χ1n) is 14.9. The van der Waals surface area contributed by atoms with Gasteiger partial charge in [-0.3, -0.25) is 4.98 Å². The van der Waals surface area contributed by atoms with E-state index in [9.17, 15) is 0 Å². The monoisotopic (exact) mass is 553 g/mol. The van der Waals surface area contributed by atoms with E-state index in [0.29, 0.717) is 5.76 Å². The van der Waals surface area contributed by atoms with Crippen molar-refractivity contribution in [3.05, 3.63) is 110 Å². The van der Waals surface area contributed by atoms with Crippen molar-refractivity contribution in [2.45, 2.75) is 68.2 Å². The first-order chi connectivity index (χ1) is 19.9. The van der Waals surface area contributed by atoms with Crippen molar-refractivity contribution in [2.75, 3.05) is 7.11 Å². The lowest BCUT2D eigenvalue weighted by Crippen LogP contribution is -1.98. The second-order valence-electron chi connectivity index (χ2n) is 9.62. The van der Waals surface area contributed by atoms with E-state index < -0.39 is 0 Å². The van der Waals surface area contributed by atoms with E-state index in [4.69, 9.17) is 4.74 Å². The van der Waals surface area contributed by atoms with E-state index >= 15 is 0 Å². The number of ether oxygens (including phenoxy) is 1. The fourth-order valence-electron chi connectivity index (χ4n) is 3.46.